The van der Waals surface area contributed by atoms with Crippen molar-refractivity contribution in [1.82, 2.24) is 4.90 Å². The summed E-state index contributed by atoms with van der Waals surface area (Å²) < 4.78 is 0. The summed E-state index contributed by atoms with van der Waals surface area (Å²) in [6, 6.07) is 13.3. The molecule has 0 bridgehead atoms. The van der Waals surface area contributed by atoms with Gasteiger partial charge in [0, 0.05) is 19.3 Å². The number of aromatic hydroxyl groups is 1. The maximum Gasteiger partial charge on any atom is 0.256 e. The molecule has 0 heterocycles. The summed E-state index contributed by atoms with van der Waals surface area (Å²) in [5, 5.41) is 18.2. The lowest BCUT2D eigenvalue weighted by molar-refractivity contribution is 0.0785. The molecular formula is C16H15N3O2. The second-order valence-electron chi connectivity index (χ2n) is 4.74. The number of nitriles is 1. The van der Waals surface area contributed by atoms with E-state index in [0.29, 0.717) is 17.8 Å². The van der Waals surface area contributed by atoms with E-state index in [-0.39, 0.29) is 17.2 Å². The van der Waals surface area contributed by atoms with Crippen LogP contribution in [0.5, 0.6) is 5.75 Å². The van der Waals surface area contributed by atoms with Crippen molar-refractivity contribution in [2.24, 2.45) is 0 Å². The molecule has 0 aromatic heterocycles. The van der Waals surface area contributed by atoms with Crippen LogP contribution < -0.4 is 5.73 Å². The van der Waals surface area contributed by atoms with Crippen molar-refractivity contribution in [3.63, 3.8) is 0 Å². The fourth-order valence-corrected chi connectivity index (χ4v) is 1.97. The van der Waals surface area contributed by atoms with Gasteiger partial charge in [0.2, 0.25) is 0 Å². The third kappa shape index (κ3) is 3.31. The van der Waals surface area contributed by atoms with Crippen LogP contribution in [0, 0.1) is 11.3 Å². The van der Waals surface area contributed by atoms with E-state index in [2.05, 4.69) is 0 Å². The Morgan fingerprint density at radius 3 is 2.57 bits per heavy atom. The number of carbonyl (C=O) groups excluding carboxylic acids is 1. The molecule has 5 nitrogen and oxygen atoms in total. The van der Waals surface area contributed by atoms with Crippen molar-refractivity contribution in [3.8, 4) is 11.8 Å². The van der Waals surface area contributed by atoms with E-state index in [4.69, 9.17) is 11.0 Å². The van der Waals surface area contributed by atoms with E-state index in [9.17, 15) is 9.90 Å². The van der Waals surface area contributed by atoms with Crippen LogP contribution in [0.15, 0.2) is 42.5 Å². The summed E-state index contributed by atoms with van der Waals surface area (Å²) in [5.74, 6) is -0.271. The molecule has 0 saturated heterocycles. The maximum atomic E-state index is 12.3. The summed E-state index contributed by atoms with van der Waals surface area (Å²) in [6.07, 6.45) is 0. The van der Waals surface area contributed by atoms with Crippen LogP contribution in [-0.4, -0.2) is 23.0 Å². The molecule has 2 aromatic carbocycles. The summed E-state index contributed by atoms with van der Waals surface area (Å²) in [7, 11) is 1.66. The average molecular weight is 281 g/mol. The van der Waals surface area contributed by atoms with Gasteiger partial charge in [-0.1, -0.05) is 12.1 Å². The van der Waals surface area contributed by atoms with Crippen molar-refractivity contribution in [2.75, 3.05) is 12.8 Å². The summed E-state index contributed by atoms with van der Waals surface area (Å²) in [6.45, 7) is 0.389. The number of carbonyl (C=O) groups is 1. The highest BCUT2D eigenvalue weighted by molar-refractivity contribution is 5.99. The van der Waals surface area contributed by atoms with E-state index < -0.39 is 0 Å². The Hall–Kier alpha value is -3.00. The first kappa shape index (κ1) is 14.4. The van der Waals surface area contributed by atoms with Gasteiger partial charge in [-0.2, -0.15) is 5.26 Å². The molecule has 1 amide bonds. The highest BCUT2D eigenvalue weighted by Crippen LogP contribution is 2.20. The van der Waals surface area contributed by atoms with Crippen LogP contribution in [0.25, 0.3) is 0 Å². The Kier molecular flexibility index (Phi) is 4.10. The van der Waals surface area contributed by atoms with Crippen molar-refractivity contribution >= 4 is 11.6 Å². The Labute approximate surface area is 122 Å². The number of phenols is 1. The Morgan fingerprint density at radius 2 is 1.95 bits per heavy atom. The van der Waals surface area contributed by atoms with E-state index in [1.165, 1.54) is 23.1 Å². The molecule has 106 valence electrons. The predicted molar refractivity (Wildman–Crippen MR) is 79.5 cm³/mol. The summed E-state index contributed by atoms with van der Waals surface area (Å²) in [5.41, 5.74) is 7.84. The zero-order valence-electron chi connectivity index (χ0n) is 11.6. The van der Waals surface area contributed by atoms with Gasteiger partial charge in [0.15, 0.2) is 0 Å². The van der Waals surface area contributed by atoms with Gasteiger partial charge in [-0.3, -0.25) is 4.79 Å². The van der Waals surface area contributed by atoms with Gasteiger partial charge in [-0.15, -0.1) is 0 Å². The zero-order chi connectivity index (χ0) is 15.4. The summed E-state index contributed by atoms with van der Waals surface area (Å²) in [4.78, 5) is 13.8. The SMILES string of the molecule is CN(Cc1ccc(C#N)cc1)C(=O)c1cc(O)ccc1N. The minimum absolute atomic E-state index is 0.000627. The lowest BCUT2D eigenvalue weighted by Gasteiger charge is -2.18. The second-order valence-corrected chi connectivity index (χ2v) is 4.74. The molecule has 3 N–H and O–H groups in total. The fourth-order valence-electron chi connectivity index (χ4n) is 1.97. The van der Waals surface area contributed by atoms with E-state index in [1.807, 2.05) is 6.07 Å². The molecule has 0 aliphatic rings. The number of benzene rings is 2. The van der Waals surface area contributed by atoms with Gasteiger partial charge >= 0.3 is 0 Å². The molecule has 0 unspecified atom stereocenters. The Morgan fingerprint density at radius 1 is 1.29 bits per heavy atom. The van der Waals surface area contributed by atoms with Gasteiger partial charge < -0.3 is 15.7 Å². The van der Waals surface area contributed by atoms with Crippen LogP contribution in [0.1, 0.15) is 21.5 Å². The van der Waals surface area contributed by atoms with Gasteiger partial charge in [0.1, 0.15) is 5.75 Å². The maximum absolute atomic E-state index is 12.3. The monoisotopic (exact) mass is 281 g/mol. The molecule has 0 fully saturated rings. The normalized spacial score (nSPS) is 9.90. The molecular weight excluding hydrogens is 266 g/mol. The van der Waals surface area contributed by atoms with Crippen molar-refractivity contribution in [2.45, 2.75) is 6.54 Å². The zero-order valence-corrected chi connectivity index (χ0v) is 11.6. The minimum atomic E-state index is -0.271. The van der Waals surface area contributed by atoms with Crippen LogP contribution in [0.3, 0.4) is 0 Å². The predicted octanol–water partition coefficient (Wildman–Crippen LogP) is 2.12. The van der Waals surface area contributed by atoms with Crippen molar-refractivity contribution in [1.29, 1.82) is 5.26 Å². The number of amides is 1. The highest BCUT2D eigenvalue weighted by atomic mass is 16.3. The number of anilines is 1. The minimum Gasteiger partial charge on any atom is -0.508 e. The van der Waals surface area contributed by atoms with Gasteiger partial charge in [-0.25, -0.2) is 0 Å². The number of hydrogen-bond acceptors (Lipinski definition) is 4. The van der Waals surface area contributed by atoms with E-state index in [0.717, 1.165) is 5.56 Å². The Balaban J connectivity index is 2.15. The average Bonchev–Trinajstić information content (AvgIpc) is 2.49. The highest BCUT2D eigenvalue weighted by Gasteiger charge is 2.15. The number of nitrogens with zero attached hydrogens (tertiary/aromatic N) is 2. The summed E-state index contributed by atoms with van der Waals surface area (Å²) >= 11 is 0. The molecule has 21 heavy (non-hydrogen) atoms. The molecule has 0 saturated carbocycles. The quantitative estimate of drug-likeness (QED) is 0.666. The van der Waals surface area contributed by atoms with Gasteiger partial charge in [-0.05, 0) is 35.9 Å². The Bertz CT molecular complexity index is 702. The molecule has 0 spiro atoms. The van der Waals surface area contributed by atoms with Gasteiger partial charge in [0.05, 0.1) is 17.2 Å². The van der Waals surface area contributed by atoms with Crippen molar-refractivity contribution in [3.05, 3.63) is 59.2 Å². The topological polar surface area (TPSA) is 90.3 Å². The van der Waals surface area contributed by atoms with Crippen LogP contribution >= 0.6 is 0 Å². The number of nitrogen functional groups attached to an aromatic ring is 1. The van der Waals surface area contributed by atoms with Crippen molar-refractivity contribution < 1.29 is 9.90 Å². The number of rotatable bonds is 3. The van der Waals surface area contributed by atoms with Gasteiger partial charge in [0.25, 0.3) is 5.91 Å². The molecule has 5 heteroatoms. The third-order valence-corrected chi connectivity index (χ3v) is 3.12. The van der Waals surface area contributed by atoms with Crippen LogP contribution in [0.2, 0.25) is 0 Å². The van der Waals surface area contributed by atoms with E-state index >= 15 is 0 Å². The molecule has 2 aromatic rings. The first-order valence-corrected chi connectivity index (χ1v) is 6.34. The third-order valence-electron chi connectivity index (χ3n) is 3.12. The first-order valence-electron chi connectivity index (χ1n) is 6.34. The lowest BCUT2D eigenvalue weighted by Crippen LogP contribution is -2.26. The number of hydrogen-bond donors (Lipinski definition) is 2. The number of nitrogens with two attached hydrogens (primary N) is 1. The first-order chi connectivity index (χ1) is 10.0. The molecule has 0 atom stereocenters. The second kappa shape index (κ2) is 5.97. The number of phenolic OH excluding ortho intramolecular Hbond substituents is 1. The standard InChI is InChI=1S/C16H15N3O2/c1-19(10-12-4-2-11(9-17)3-5-12)16(21)14-8-13(20)6-7-15(14)18/h2-8,20H,10,18H2,1H3. The lowest BCUT2D eigenvalue weighted by atomic mass is 10.1. The molecule has 2 rings (SSSR count). The molecule has 0 aliphatic carbocycles. The molecule has 0 aliphatic heterocycles. The fraction of sp³-hybridized carbons (Fsp3) is 0.125. The molecule has 0 radical (unpaired) electrons. The largest absolute Gasteiger partial charge is 0.508 e. The van der Waals surface area contributed by atoms with Crippen LogP contribution in [0.4, 0.5) is 5.69 Å². The van der Waals surface area contributed by atoms with E-state index in [1.54, 1.807) is 31.3 Å². The van der Waals surface area contributed by atoms with Crippen LogP contribution in [-0.2, 0) is 6.54 Å². The smallest absolute Gasteiger partial charge is 0.256 e.